The summed E-state index contributed by atoms with van der Waals surface area (Å²) in [6, 6.07) is 8.45. The molecule has 0 amide bonds. The molecule has 2 heterocycles. The van der Waals surface area contributed by atoms with E-state index in [0.29, 0.717) is 5.88 Å². The SMILES string of the molecule is ClCc1nc2cc(I)ccc2n1Cc1ccsc1. The Morgan fingerprint density at radius 1 is 1.33 bits per heavy atom. The summed E-state index contributed by atoms with van der Waals surface area (Å²) in [7, 11) is 0. The van der Waals surface area contributed by atoms with Crippen molar-refractivity contribution in [2.75, 3.05) is 0 Å². The van der Waals surface area contributed by atoms with Crippen LogP contribution >= 0.6 is 45.5 Å². The first-order chi connectivity index (χ1) is 8.78. The highest BCUT2D eigenvalue weighted by Crippen LogP contribution is 2.22. The lowest BCUT2D eigenvalue weighted by Crippen LogP contribution is -2.02. The Hall–Kier alpha value is -0.590. The lowest BCUT2D eigenvalue weighted by molar-refractivity contribution is 0.781. The Labute approximate surface area is 128 Å². The van der Waals surface area contributed by atoms with E-state index in [1.54, 1.807) is 11.3 Å². The second-order valence-corrected chi connectivity index (χ2v) is 6.31. The summed E-state index contributed by atoms with van der Waals surface area (Å²) in [6.45, 7) is 0.836. The van der Waals surface area contributed by atoms with Gasteiger partial charge in [0.2, 0.25) is 0 Å². The highest BCUT2D eigenvalue weighted by atomic mass is 127. The van der Waals surface area contributed by atoms with Crippen LogP contribution in [0.5, 0.6) is 0 Å². The van der Waals surface area contributed by atoms with Gasteiger partial charge in [-0.2, -0.15) is 11.3 Å². The maximum absolute atomic E-state index is 6.00. The molecule has 0 saturated carbocycles. The van der Waals surface area contributed by atoms with E-state index in [2.05, 4.69) is 67.2 Å². The monoisotopic (exact) mass is 388 g/mol. The van der Waals surface area contributed by atoms with Crippen LogP contribution in [0.4, 0.5) is 0 Å². The zero-order valence-electron chi connectivity index (χ0n) is 9.44. The number of alkyl halides is 1. The van der Waals surface area contributed by atoms with E-state index in [4.69, 9.17) is 11.6 Å². The second kappa shape index (κ2) is 5.19. The maximum Gasteiger partial charge on any atom is 0.125 e. The predicted molar refractivity (Wildman–Crippen MR) is 85.4 cm³/mol. The molecule has 0 aliphatic rings. The van der Waals surface area contributed by atoms with Crippen molar-refractivity contribution in [1.29, 1.82) is 0 Å². The topological polar surface area (TPSA) is 17.8 Å². The Balaban J connectivity index is 2.13. The Bertz CT molecular complexity index is 676. The summed E-state index contributed by atoms with van der Waals surface area (Å²) in [5.74, 6) is 1.37. The smallest absolute Gasteiger partial charge is 0.125 e. The van der Waals surface area contributed by atoms with Crippen LogP contribution in [0, 0.1) is 3.57 Å². The predicted octanol–water partition coefficient (Wildman–Crippen LogP) is 4.49. The van der Waals surface area contributed by atoms with Crippen LogP contribution in [0.15, 0.2) is 35.0 Å². The van der Waals surface area contributed by atoms with Crippen LogP contribution in [0.25, 0.3) is 11.0 Å². The van der Waals surface area contributed by atoms with Gasteiger partial charge in [0.05, 0.1) is 23.5 Å². The number of hydrogen-bond donors (Lipinski definition) is 0. The first-order valence-corrected chi connectivity index (χ1v) is 8.05. The molecule has 0 unspecified atom stereocenters. The molecule has 0 atom stereocenters. The Morgan fingerprint density at radius 3 is 2.94 bits per heavy atom. The number of benzene rings is 1. The Kier molecular flexibility index (Phi) is 3.59. The van der Waals surface area contributed by atoms with Gasteiger partial charge in [0.1, 0.15) is 5.82 Å². The van der Waals surface area contributed by atoms with Gasteiger partial charge in [-0.05, 0) is 63.2 Å². The lowest BCUT2D eigenvalue weighted by Gasteiger charge is -2.06. The van der Waals surface area contributed by atoms with Gasteiger partial charge in [-0.3, -0.25) is 0 Å². The van der Waals surface area contributed by atoms with E-state index in [1.165, 1.54) is 9.13 Å². The fraction of sp³-hybridized carbons (Fsp3) is 0.154. The molecule has 0 saturated heterocycles. The molecule has 0 aliphatic carbocycles. The normalized spacial score (nSPS) is 11.2. The molecular weight excluding hydrogens is 379 g/mol. The zero-order chi connectivity index (χ0) is 12.5. The average molecular weight is 389 g/mol. The van der Waals surface area contributed by atoms with E-state index in [0.717, 1.165) is 23.4 Å². The van der Waals surface area contributed by atoms with Crippen molar-refractivity contribution < 1.29 is 0 Å². The number of imidazole rings is 1. The largest absolute Gasteiger partial charge is 0.322 e. The molecule has 92 valence electrons. The molecule has 0 fully saturated rings. The van der Waals surface area contributed by atoms with Gasteiger partial charge in [0.15, 0.2) is 0 Å². The van der Waals surface area contributed by atoms with Gasteiger partial charge in [0.25, 0.3) is 0 Å². The van der Waals surface area contributed by atoms with E-state index in [9.17, 15) is 0 Å². The molecule has 2 nitrogen and oxygen atoms in total. The number of halogens is 2. The van der Waals surface area contributed by atoms with Crippen LogP contribution in [-0.2, 0) is 12.4 Å². The van der Waals surface area contributed by atoms with Crippen molar-refractivity contribution in [2.24, 2.45) is 0 Å². The lowest BCUT2D eigenvalue weighted by atomic mass is 10.3. The molecule has 5 heteroatoms. The molecule has 2 aromatic heterocycles. The molecular formula is C13H10ClIN2S. The molecule has 3 aromatic rings. The summed E-state index contributed by atoms with van der Waals surface area (Å²) in [6.07, 6.45) is 0. The number of thiophene rings is 1. The summed E-state index contributed by atoms with van der Waals surface area (Å²) < 4.78 is 3.39. The third kappa shape index (κ3) is 2.29. The minimum absolute atomic E-state index is 0.440. The number of rotatable bonds is 3. The number of fused-ring (bicyclic) bond motifs is 1. The number of nitrogens with zero attached hydrogens (tertiary/aromatic N) is 2. The van der Waals surface area contributed by atoms with E-state index in [-0.39, 0.29) is 0 Å². The van der Waals surface area contributed by atoms with Gasteiger partial charge in [-0.1, -0.05) is 0 Å². The highest BCUT2D eigenvalue weighted by molar-refractivity contribution is 14.1. The fourth-order valence-electron chi connectivity index (χ4n) is 2.00. The van der Waals surface area contributed by atoms with Crippen LogP contribution in [0.2, 0.25) is 0 Å². The maximum atomic E-state index is 6.00. The molecule has 0 N–H and O–H groups in total. The van der Waals surface area contributed by atoms with Gasteiger partial charge >= 0.3 is 0 Å². The van der Waals surface area contributed by atoms with Crippen molar-refractivity contribution >= 4 is 56.6 Å². The third-order valence-corrected chi connectivity index (χ3v) is 4.47. The minimum atomic E-state index is 0.440. The Morgan fingerprint density at radius 2 is 2.22 bits per heavy atom. The van der Waals surface area contributed by atoms with Gasteiger partial charge in [0, 0.05) is 3.57 Å². The number of hydrogen-bond acceptors (Lipinski definition) is 2. The van der Waals surface area contributed by atoms with E-state index in [1.807, 2.05) is 0 Å². The average Bonchev–Trinajstić information content (AvgIpc) is 2.97. The molecule has 0 radical (unpaired) electrons. The van der Waals surface area contributed by atoms with Crippen LogP contribution in [0.1, 0.15) is 11.4 Å². The quantitative estimate of drug-likeness (QED) is 0.477. The van der Waals surface area contributed by atoms with Crippen LogP contribution in [-0.4, -0.2) is 9.55 Å². The first kappa shape index (κ1) is 12.4. The summed E-state index contributed by atoms with van der Waals surface area (Å²) in [4.78, 5) is 4.60. The van der Waals surface area contributed by atoms with Gasteiger partial charge in [-0.15, -0.1) is 11.6 Å². The van der Waals surface area contributed by atoms with E-state index >= 15 is 0 Å². The van der Waals surface area contributed by atoms with E-state index < -0.39 is 0 Å². The first-order valence-electron chi connectivity index (χ1n) is 5.49. The van der Waals surface area contributed by atoms with Crippen molar-refractivity contribution in [3.63, 3.8) is 0 Å². The molecule has 3 rings (SSSR count). The fourth-order valence-corrected chi connectivity index (χ4v) is 3.34. The zero-order valence-corrected chi connectivity index (χ0v) is 13.2. The minimum Gasteiger partial charge on any atom is -0.322 e. The number of aromatic nitrogens is 2. The standard InChI is InChI=1S/C13H10ClIN2S/c14-6-13-16-11-5-10(15)1-2-12(11)17(13)7-9-3-4-18-8-9/h1-5,8H,6-7H2. The molecule has 0 spiro atoms. The van der Waals surface area contributed by atoms with Crippen LogP contribution < -0.4 is 0 Å². The van der Waals surface area contributed by atoms with Crippen molar-refractivity contribution in [3.8, 4) is 0 Å². The molecule has 18 heavy (non-hydrogen) atoms. The molecule has 0 bridgehead atoms. The van der Waals surface area contributed by atoms with Crippen molar-refractivity contribution in [3.05, 3.63) is 50.0 Å². The van der Waals surface area contributed by atoms with Crippen LogP contribution in [0.3, 0.4) is 0 Å². The van der Waals surface area contributed by atoms with Gasteiger partial charge < -0.3 is 4.57 Å². The summed E-state index contributed by atoms with van der Waals surface area (Å²) in [5, 5.41) is 4.26. The summed E-state index contributed by atoms with van der Waals surface area (Å²) >= 11 is 10.0. The second-order valence-electron chi connectivity index (χ2n) is 4.01. The third-order valence-electron chi connectivity index (χ3n) is 2.83. The van der Waals surface area contributed by atoms with Crippen molar-refractivity contribution in [2.45, 2.75) is 12.4 Å². The molecule has 1 aromatic carbocycles. The summed E-state index contributed by atoms with van der Waals surface area (Å²) in [5.41, 5.74) is 3.47. The highest BCUT2D eigenvalue weighted by Gasteiger charge is 2.10. The van der Waals surface area contributed by atoms with Crippen molar-refractivity contribution in [1.82, 2.24) is 9.55 Å². The molecule has 0 aliphatic heterocycles. The van der Waals surface area contributed by atoms with Gasteiger partial charge in [-0.25, -0.2) is 4.98 Å².